The second-order valence-electron chi connectivity index (χ2n) is 3.99. The third kappa shape index (κ3) is 2.95. The summed E-state index contributed by atoms with van der Waals surface area (Å²) in [6.45, 7) is 0. The summed E-state index contributed by atoms with van der Waals surface area (Å²) < 4.78 is 1.22. The predicted molar refractivity (Wildman–Crippen MR) is 81.9 cm³/mol. The van der Waals surface area contributed by atoms with Gasteiger partial charge in [-0.15, -0.1) is 11.3 Å². The molecule has 0 spiro atoms. The SMILES string of the molecule is C(/C=C/c1nc2ccccc2s1)=C\c1ccccn1. The summed E-state index contributed by atoms with van der Waals surface area (Å²) in [6, 6.07) is 14.0. The number of pyridine rings is 1. The lowest BCUT2D eigenvalue weighted by atomic mass is 10.3. The van der Waals surface area contributed by atoms with Gasteiger partial charge in [0.15, 0.2) is 0 Å². The highest BCUT2D eigenvalue weighted by molar-refractivity contribution is 7.19. The fourth-order valence-corrected chi connectivity index (χ4v) is 2.61. The molecule has 3 heteroatoms. The molecule has 0 aliphatic carbocycles. The fourth-order valence-electron chi connectivity index (χ4n) is 1.73. The van der Waals surface area contributed by atoms with Crippen molar-refractivity contribution in [2.24, 2.45) is 0 Å². The molecule has 0 amide bonds. The van der Waals surface area contributed by atoms with E-state index in [9.17, 15) is 0 Å². The van der Waals surface area contributed by atoms with Crippen molar-refractivity contribution in [1.29, 1.82) is 0 Å². The van der Waals surface area contributed by atoms with Crippen molar-refractivity contribution in [3.05, 3.63) is 71.5 Å². The van der Waals surface area contributed by atoms with Crippen LogP contribution in [-0.4, -0.2) is 9.97 Å². The topological polar surface area (TPSA) is 25.8 Å². The molecule has 0 saturated heterocycles. The van der Waals surface area contributed by atoms with Crippen LogP contribution in [-0.2, 0) is 0 Å². The lowest BCUT2D eigenvalue weighted by Crippen LogP contribution is -1.75. The first kappa shape index (κ1) is 11.8. The van der Waals surface area contributed by atoms with Crippen molar-refractivity contribution in [1.82, 2.24) is 9.97 Å². The average Bonchev–Trinajstić information content (AvgIpc) is 2.87. The minimum atomic E-state index is 0.955. The number of allylic oxidation sites excluding steroid dienone is 2. The number of rotatable bonds is 3. The van der Waals surface area contributed by atoms with Crippen LogP contribution in [0.3, 0.4) is 0 Å². The highest BCUT2D eigenvalue weighted by Crippen LogP contribution is 2.22. The lowest BCUT2D eigenvalue weighted by molar-refractivity contribution is 1.30. The van der Waals surface area contributed by atoms with Gasteiger partial charge in [-0.3, -0.25) is 4.98 Å². The molecule has 2 aromatic heterocycles. The molecule has 0 saturated carbocycles. The van der Waals surface area contributed by atoms with Gasteiger partial charge in [0.05, 0.1) is 15.9 Å². The maximum absolute atomic E-state index is 4.54. The maximum atomic E-state index is 4.54. The Bertz CT molecular complexity index is 694. The zero-order valence-corrected chi connectivity index (χ0v) is 11.0. The third-order valence-corrected chi connectivity index (χ3v) is 3.62. The standard InChI is InChI=1S/C16H12N2S/c1(7-13-8-5-6-12-17-13)4-11-16-18-14-9-2-3-10-15(14)19-16/h1-12H/b7-1+,11-4+. The van der Waals surface area contributed by atoms with Gasteiger partial charge in [-0.25, -0.2) is 4.98 Å². The van der Waals surface area contributed by atoms with Crippen LogP contribution in [0.4, 0.5) is 0 Å². The fraction of sp³-hybridized carbons (Fsp3) is 0. The largest absolute Gasteiger partial charge is 0.257 e. The van der Waals surface area contributed by atoms with Crippen LogP contribution >= 0.6 is 11.3 Å². The lowest BCUT2D eigenvalue weighted by Gasteiger charge is -1.87. The Morgan fingerprint density at radius 3 is 2.58 bits per heavy atom. The quantitative estimate of drug-likeness (QED) is 0.654. The number of para-hydroxylation sites is 1. The molecule has 2 heterocycles. The van der Waals surface area contributed by atoms with Gasteiger partial charge in [0.1, 0.15) is 5.01 Å². The van der Waals surface area contributed by atoms with Gasteiger partial charge in [0, 0.05) is 6.20 Å². The second kappa shape index (κ2) is 5.59. The van der Waals surface area contributed by atoms with Crippen molar-refractivity contribution < 1.29 is 0 Å². The van der Waals surface area contributed by atoms with Crippen LogP contribution in [0.15, 0.2) is 60.8 Å². The Morgan fingerprint density at radius 1 is 0.895 bits per heavy atom. The highest BCUT2D eigenvalue weighted by atomic mass is 32.1. The molecule has 0 fully saturated rings. The molecular weight excluding hydrogens is 252 g/mol. The molecule has 0 aliphatic rings. The zero-order chi connectivity index (χ0) is 12.9. The van der Waals surface area contributed by atoms with E-state index in [1.165, 1.54) is 4.70 Å². The van der Waals surface area contributed by atoms with Gasteiger partial charge in [-0.1, -0.05) is 30.4 Å². The Morgan fingerprint density at radius 2 is 1.74 bits per heavy atom. The monoisotopic (exact) mass is 264 g/mol. The summed E-state index contributed by atoms with van der Waals surface area (Å²) in [5.74, 6) is 0. The molecule has 0 N–H and O–H groups in total. The predicted octanol–water partition coefficient (Wildman–Crippen LogP) is 4.42. The van der Waals surface area contributed by atoms with Crippen molar-refractivity contribution in [2.75, 3.05) is 0 Å². The summed E-state index contributed by atoms with van der Waals surface area (Å²) in [5.41, 5.74) is 2.01. The van der Waals surface area contributed by atoms with E-state index in [-0.39, 0.29) is 0 Å². The normalized spacial score (nSPS) is 11.8. The number of aromatic nitrogens is 2. The van der Waals surface area contributed by atoms with Crippen LogP contribution < -0.4 is 0 Å². The van der Waals surface area contributed by atoms with Crippen LogP contribution in [0, 0.1) is 0 Å². The second-order valence-corrected chi connectivity index (χ2v) is 5.05. The van der Waals surface area contributed by atoms with E-state index in [1.807, 2.05) is 60.7 Å². The Balaban J connectivity index is 1.74. The maximum Gasteiger partial charge on any atom is 0.117 e. The Labute approximate surface area is 115 Å². The number of nitrogens with zero attached hydrogens (tertiary/aromatic N) is 2. The first-order chi connectivity index (χ1) is 9.42. The summed E-state index contributed by atoms with van der Waals surface area (Å²) >= 11 is 1.70. The number of thiazole rings is 1. The van der Waals surface area contributed by atoms with Crippen LogP contribution in [0.1, 0.15) is 10.7 Å². The molecule has 3 rings (SSSR count). The first-order valence-corrected chi connectivity index (χ1v) is 6.85. The van der Waals surface area contributed by atoms with Crippen LogP contribution in [0.2, 0.25) is 0 Å². The summed E-state index contributed by atoms with van der Waals surface area (Å²) in [6.07, 6.45) is 9.76. The molecule has 0 unspecified atom stereocenters. The molecule has 3 aromatic rings. The van der Waals surface area contributed by atoms with E-state index in [1.54, 1.807) is 17.5 Å². The zero-order valence-electron chi connectivity index (χ0n) is 10.2. The third-order valence-electron chi connectivity index (χ3n) is 2.62. The number of hydrogen-bond donors (Lipinski definition) is 0. The number of benzene rings is 1. The van der Waals surface area contributed by atoms with Gasteiger partial charge in [0.2, 0.25) is 0 Å². The number of hydrogen-bond acceptors (Lipinski definition) is 3. The van der Waals surface area contributed by atoms with Gasteiger partial charge in [0.25, 0.3) is 0 Å². The van der Waals surface area contributed by atoms with Gasteiger partial charge >= 0.3 is 0 Å². The van der Waals surface area contributed by atoms with E-state index in [0.29, 0.717) is 0 Å². The minimum Gasteiger partial charge on any atom is -0.257 e. The summed E-state index contributed by atoms with van der Waals surface area (Å²) in [5, 5.41) is 1.02. The number of fused-ring (bicyclic) bond motifs is 1. The molecule has 0 atom stereocenters. The molecule has 1 aromatic carbocycles. The van der Waals surface area contributed by atoms with E-state index in [0.717, 1.165) is 16.2 Å². The molecule has 19 heavy (non-hydrogen) atoms. The van der Waals surface area contributed by atoms with E-state index < -0.39 is 0 Å². The Kier molecular flexibility index (Phi) is 3.47. The van der Waals surface area contributed by atoms with Crippen molar-refractivity contribution in [3.63, 3.8) is 0 Å². The van der Waals surface area contributed by atoms with E-state index in [4.69, 9.17) is 0 Å². The smallest absolute Gasteiger partial charge is 0.117 e. The van der Waals surface area contributed by atoms with Crippen molar-refractivity contribution in [3.8, 4) is 0 Å². The van der Waals surface area contributed by atoms with E-state index in [2.05, 4.69) is 16.0 Å². The van der Waals surface area contributed by atoms with Gasteiger partial charge in [-0.2, -0.15) is 0 Å². The van der Waals surface area contributed by atoms with Gasteiger partial charge in [-0.05, 0) is 36.4 Å². The molecule has 0 aliphatic heterocycles. The molecule has 0 bridgehead atoms. The van der Waals surface area contributed by atoms with Crippen molar-refractivity contribution in [2.45, 2.75) is 0 Å². The molecule has 92 valence electrons. The highest BCUT2D eigenvalue weighted by Gasteiger charge is 1.98. The van der Waals surface area contributed by atoms with Crippen molar-refractivity contribution >= 4 is 33.7 Å². The average molecular weight is 264 g/mol. The van der Waals surface area contributed by atoms with E-state index >= 15 is 0 Å². The molecule has 2 nitrogen and oxygen atoms in total. The summed E-state index contributed by atoms with van der Waals surface area (Å²) in [7, 11) is 0. The molecular formula is C16H12N2S. The summed E-state index contributed by atoms with van der Waals surface area (Å²) in [4.78, 5) is 8.76. The Hall–Kier alpha value is -2.26. The molecule has 0 radical (unpaired) electrons. The van der Waals surface area contributed by atoms with Crippen LogP contribution in [0.25, 0.3) is 22.4 Å². The minimum absolute atomic E-state index is 0.955. The van der Waals surface area contributed by atoms with Crippen LogP contribution in [0.5, 0.6) is 0 Å². The van der Waals surface area contributed by atoms with Gasteiger partial charge < -0.3 is 0 Å². The first-order valence-electron chi connectivity index (χ1n) is 6.03.